The van der Waals surface area contributed by atoms with Crippen LogP contribution in [0.2, 0.25) is 0 Å². The number of rotatable bonds is 2. The van der Waals surface area contributed by atoms with Crippen molar-refractivity contribution in [3.63, 3.8) is 0 Å². The van der Waals surface area contributed by atoms with Crippen LogP contribution in [0.1, 0.15) is 0 Å². The molecule has 5 heteroatoms. The van der Waals surface area contributed by atoms with Crippen molar-refractivity contribution in [1.29, 1.82) is 0 Å². The van der Waals surface area contributed by atoms with Gasteiger partial charge < -0.3 is 10.6 Å². The lowest BCUT2D eigenvalue weighted by atomic mass is 10.1. The van der Waals surface area contributed by atoms with Gasteiger partial charge in [-0.25, -0.2) is 0 Å². The highest BCUT2D eigenvalue weighted by Crippen LogP contribution is 2.14. The summed E-state index contributed by atoms with van der Waals surface area (Å²) in [4.78, 5) is 9.24. The summed E-state index contributed by atoms with van der Waals surface area (Å²) in [7, 11) is 3.70. The Morgan fingerprint density at radius 1 is 1.33 bits per heavy atom. The Balaban J connectivity index is 1.80. The molecule has 2 N–H and O–H groups in total. The molecule has 15 heavy (non-hydrogen) atoms. The summed E-state index contributed by atoms with van der Waals surface area (Å²) < 4.78 is 0. The minimum atomic E-state index is 0.651. The number of fused-ring (bicyclic) bond motifs is 3. The SMILES string of the molecule is CN=C(NC)NCC1CN2CCN1CC2. The van der Waals surface area contributed by atoms with Gasteiger partial charge in [-0.05, 0) is 0 Å². The van der Waals surface area contributed by atoms with Crippen molar-refractivity contribution < 1.29 is 0 Å². The third-order valence-electron chi connectivity index (χ3n) is 3.36. The number of guanidine groups is 1. The molecule has 3 rings (SSSR count). The number of piperazine rings is 3. The Morgan fingerprint density at radius 2 is 2.07 bits per heavy atom. The first-order valence-corrected chi connectivity index (χ1v) is 5.68. The summed E-state index contributed by atoms with van der Waals surface area (Å²) >= 11 is 0. The van der Waals surface area contributed by atoms with Gasteiger partial charge >= 0.3 is 0 Å². The largest absolute Gasteiger partial charge is 0.359 e. The van der Waals surface area contributed by atoms with Crippen LogP contribution in [0, 0.1) is 0 Å². The van der Waals surface area contributed by atoms with Gasteiger partial charge in [-0.1, -0.05) is 0 Å². The van der Waals surface area contributed by atoms with Gasteiger partial charge in [0.05, 0.1) is 0 Å². The molecule has 0 amide bonds. The average molecular weight is 211 g/mol. The molecule has 0 aromatic heterocycles. The van der Waals surface area contributed by atoms with Gasteiger partial charge in [-0.2, -0.15) is 0 Å². The molecule has 0 aromatic carbocycles. The molecule has 3 heterocycles. The Bertz CT molecular complexity index is 232. The highest BCUT2D eigenvalue weighted by atomic mass is 15.4. The maximum absolute atomic E-state index is 4.12. The third-order valence-corrected chi connectivity index (χ3v) is 3.36. The summed E-state index contributed by atoms with van der Waals surface area (Å²) in [6, 6.07) is 0.651. The van der Waals surface area contributed by atoms with Gasteiger partial charge in [0.15, 0.2) is 5.96 Å². The van der Waals surface area contributed by atoms with Gasteiger partial charge in [-0.15, -0.1) is 0 Å². The van der Waals surface area contributed by atoms with E-state index in [0.717, 1.165) is 12.5 Å². The first-order valence-electron chi connectivity index (χ1n) is 5.68. The van der Waals surface area contributed by atoms with Crippen molar-refractivity contribution in [3.05, 3.63) is 0 Å². The first kappa shape index (κ1) is 10.7. The fraction of sp³-hybridized carbons (Fsp3) is 0.900. The third kappa shape index (κ3) is 2.41. The maximum atomic E-state index is 4.12. The lowest BCUT2D eigenvalue weighted by Gasteiger charge is -2.47. The fourth-order valence-corrected chi connectivity index (χ4v) is 2.41. The van der Waals surface area contributed by atoms with Gasteiger partial charge in [0, 0.05) is 59.4 Å². The number of hydrogen-bond acceptors (Lipinski definition) is 3. The van der Waals surface area contributed by atoms with E-state index in [9.17, 15) is 0 Å². The second kappa shape index (κ2) is 4.81. The van der Waals surface area contributed by atoms with E-state index in [4.69, 9.17) is 0 Å². The van der Waals surface area contributed by atoms with Gasteiger partial charge in [0.2, 0.25) is 0 Å². The van der Waals surface area contributed by atoms with Crippen LogP contribution in [0.15, 0.2) is 4.99 Å². The van der Waals surface area contributed by atoms with Crippen molar-refractivity contribution in [2.45, 2.75) is 6.04 Å². The molecule has 2 bridgehead atoms. The minimum Gasteiger partial charge on any atom is -0.359 e. The Morgan fingerprint density at radius 3 is 2.53 bits per heavy atom. The highest BCUT2D eigenvalue weighted by Gasteiger charge is 2.31. The van der Waals surface area contributed by atoms with E-state index in [0.29, 0.717) is 6.04 Å². The summed E-state index contributed by atoms with van der Waals surface area (Å²) in [5.41, 5.74) is 0. The lowest BCUT2D eigenvalue weighted by Crippen LogP contribution is -2.63. The molecule has 1 atom stereocenters. The number of hydrogen-bond donors (Lipinski definition) is 2. The number of nitrogens with one attached hydrogen (secondary N) is 2. The predicted molar refractivity (Wildman–Crippen MR) is 62.2 cm³/mol. The van der Waals surface area contributed by atoms with Crippen LogP contribution in [0.3, 0.4) is 0 Å². The minimum absolute atomic E-state index is 0.651. The summed E-state index contributed by atoms with van der Waals surface area (Å²) in [6.45, 7) is 7.14. The molecule has 0 saturated carbocycles. The fourth-order valence-electron chi connectivity index (χ4n) is 2.41. The van der Waals surface area contributed by atoms with Crippen LogP contribution in [-0.4, -0.2) is 75.2 Å². The zero-order valence-corrected chi connectivity index (χ0v) is 9.66. The molecule has 0 aliphatic carbocycles. The zero-order chi connectivity index (χ0) is 10.7. The molecular weight excluding hydrogens is 190 g/mol. The number of aliphatic imine (C=N–C) groups is 1. The molecule has 0 spiro atoms. The van der Waals surface area contributed by atoms with E-state index in [1.807, 2.05) is 7.05 Å². The summed E-state index contributed by atoms with van der Waals surface area (Å²) in [5.74, 6) is 0.882. The van der Waals surface area contributed by atoms with Crippen molar-refractivity contribution in [3.8, 4) is 0 Å². The van der Waals surface area contributed by atoms with Crippen molar-refractivity contribution >= 4 is 5.96 Å². The van der Waals surface area contributed by atoms with Crippen LogP contribution in [0.5, 0.6) is 0 Å². The van der Waals surface area contributed by atoms with Crippen molar-refractivity contribution in [1.82, 2.24) is 20.4 Å². The van der Waals surface area contributed by atoms with E-state index >= 15 is 0 Å². The van der Waals surface area contributed by atoms with Gasteiger partial charge in [0.25, 0.3) is 0 Å². The van der Waals surface area contributed by atoms with E-state index in [1.54, 1.807) is 7.05 Å². The summed E-state index contributed by atoms with van der Waals surface area (Å²) in [6.07, 6.45) is 0. The predicted octanol–water partition coefficient (Wildman–Crippen LogP) is -1.22. The lowest BCUT2D eigenvalue weighted by molar-refractivity contribution is 0.0154. The molecule has 3 fully saturated rings. The standard InChI is InChI=1S/C10H21N5/c1-11-10(12-2)13-7-9-8-14-3-5-15(9)6-4-14/h9H,3-8H2,1-2H3,(H2,11,12,13). The average Bonchev–Trinajstić information content (AvgIpc) is 2.32. The van der Waals surface area contributed by atoms with E-state index < -0.39 is 0 Å². The topological polar surface area (TPSA) is 42.9 Å². The molecule has 3 aliphatic rings. The second-order valence-electron chi connectivity index (χ2n) is 4.19. The molecule has 0 radical (unpaired) electrons. The smallest absolute Gasteiger partial charge is 0.190 e. The Labute approximate surface area is 91.5 Å². The molecule has 3 aliphatic heterocycles. The van der Waals surface area contributed by atoms with Gasteiger partial charge in [-0.3, -0.25) is 14.8 Å². The number of nitrogens with zero attached hydrogens (tertiary/aromatic N) is 3. The Hall–Kier alpha value is -0.810. The van der Waals surface area contributed by atoms with Crippen LogP contribution >= 0.6 is 0 Å². The van der Waals surface area contributed by atoms with Crippen LogP contribution in [0.4, 0.5) is 0 Å². The van der Waals surface area contributed by atoms with E-state index in [-0.39, 0.29) is 0 Å². The zero-order valence-electron chi connectivity index (χ0n) is 9.66. The molecule has 1 unspecified atom stereocenters. The van der Waals surface area contributed by atoms with Crippen molar-refractivity contribution in [2.75, 3.05) is 53.4 Å². The highest BCUT2D eigenvalue weighted by molar-refractivity contribution is 5.79. The van der Waals surface area contributed by atoms with Crippen LogP contribution < -0.4 is 10.6 Å². The van der Waals surface area contributed by atoms with Crippen LogP contribution in [-0.2, 0) is 0 Å². The van der Waals surface area contributed by atoms with E-state index in [1.165, 1.54) is 32.7 Å². The molecule has 86 valence electrons. The van der Waals surface area contributed by atoms with E-state index in [2.05, 4.69) is 25.4 Å². The quantitative estimate of drug-likeness (QED) is 0.444. The second-order valence-corrected chi connectivity index (χ2v) is 4.19. The molecule has 3 saturated heterocycles. The molecular formula is C10H21N5. The maximum Gasteiger partial charge on any atom is 0.190 e. The summed E-state index contributed by atoms with van der Waals surface area (Å²) in [5, 5.41) is 6.39. The molecule has 0 aromatic rings. The van der Waals surface area contributed by atoms with Crippen molar-refractivity contribution in [2.24, 2.45) is 4.99 Å². The normalized spacial score (nSPS) is 35.3. The van der Waals surface area contributed by atoms with Gasteiger partial charge in [0.1, 0.15) is 0 Å². The monoisotopic (exact) mass is 211 g/mol. The van der Waals surface area contributed by atoms with Crippen LogP contribution in [0.25, 0.3) is 0 Å². The molecule has 5 nitrogen and oxygen atoms in total. The Kier molecular flexibility index (Phi) is 3.43. The first-order chi connectivity index (χ1) is 7.33.